The largest absolute Gasteiger partial charge is 0.389 e. The summed E-state index contributed by atoms with van der Waals surface area (Å²) in [5.41, 5.74) is 5.06. The molecule has 13 heavy (non-hydrogen) atoms. The van der Waals surface area contributed by atoms with Crippen molar-refractivity contribution in [2.24, 2.45) is 17.1 Å². The summed E-state index contributed by atoms with van der Waals surface area (Å²) in [5.74, 6) is 0.704. The van der Waals surface area contributed by atoms with Crippen molar-refractivity contribution in [2.45, 2.75) is 52.1 Å². The predicted octanol–water partition coefficient (Wildman–Crippen LogP) is 1.91. The molecule has 0 heterocycles. The number of hydrogen-bond donors (Lipinski definition) is 2. The smallest absolute Gasteiger partial charge is 0.0713 e. The van der Waals surface area contributed by atoms with E-state index < -0.39 is 5.60 Å². The van der Waals surface area contributed by atoms with Crippen molar-refractivity contribution in [3.63, 3.8) is 0 Å². The fraction of sp³-hybridized carbons (Fsp3) is 1.00. The first-order valence-corrected chi connectivity index (χ1v) is 5.37. The Morgan fingerprint density at radius 1 is 1.54 bits per heavy atom. The van der Waals surface area contributed by atoms with Crippen molar-refractivity contribution < 1.29 is 5.11 Å². The predicted molar refractivity (Wildman–Crippen MR) is 55.4 cm³/mol. The van der Waals surface area contributed by atoms with Gasteiger partial charge >= 0.3 is 0 Å². The molecule has 78 valence electrons. The Labute approximate surface area is 81.5 Å². The van der Waals surface area contributed by atoms with Gasteiger partial charge in [-0.1, -0.05) is 27.2 Å². The Morgan fingerprint density at radius 3 is 2.54 bits per heavy atom. The molecular weight excluding hydrogens is 162 g/mol. The van der Waals surface area contributed by atoms with E-state index in [0.717, 1.165) is 19.3 Å². The molecule has 1 aliphatic carbocycles. The van der Waals surface area contributed by atoms with Crippen LogP contribution in [0.3, 0.4) is 0 Å². The normalized spacial score (nSPS) is 35.3. The van der Waals surface area contributed by atoms with Gasteiger partial charge in [-0.2, -0.15) is 0 Å². The van der Waals surface area contributed by atoms with Crippen LogP contribution in [0.1, 0.15) is 46.5 Å². The van der Waals surface area contributed by atoms with Crippen molar-refractivity contribution in [3.8, 4) is 0 Å². The maximum atomic E-state index is 10.4. The summed E-state index contributed by atoms with van der Waals surface area (Å²) in [6.07, 6.45) is 4.21. The Hall–Kier alpha value is -0.0800. The minimum atomic E-state index is -0.511. The molecule has 0 aromatic carbocycles. The van der Waals surface area contributed by atoms with Gasteiger partial charge in [0.1, 0.15) is 0 Å². The second-order valence-electron chi connectivity index (χ2n) is 5.14. The Morgan fingerprint density at radius 2 is 2.15 bits per heavy atom. The highest BCUT2D eigenvalue weighted by atomic mass is 16.3. The van der Waals surface area contributed by atoms with Crippen LogP contribution < -0.4 is 5.73 Å². The molecule has 0 amide bonds. The third-order valence-electron chi connectivity index (χ3n) is 3.94. The monoisotopic (exact) mass is 185 g/mol. The molecule has 1 saturated carbocycles. The molecule has 0 aromatic heterocycles. The molecule has 2 unspecified atom stereocenters. The Kier molecular flexibility index (Phi) is 3.03. The summed E-state index contributed by atoms with van der Waals surface area (Å²) >= 11 is 0. The zero-order chi connectivity index (χ0) is 10.1. The third-order valence-corrected chi connectivity index (χ3v) is 3.94. The van der Waals surface area contributed by atoms with Crippen LogP contribution in [-0.2, 0) is 0 Å². The van der Waals surface area contributed by atoms with E-state index in [-0.39, 0.29) is 5.41 Å². The van der Waals surface area contributed by atoms with E-state index in [4.69, 9.17) is 5.73 Å². The molecule has 2 heteroatoms. The van der Waals surface area contributed by atoms with E-state index in [1.54, 1.807) is 0 Å². The Bertz CT molecular complexity index is 179. The van der Waals surface area contributed by atoms with Gasteiger partial charge in [0.2, 0.25) is 0 Å². The second-order valence-corrected chi connectivity index (χ2v) is 5.14. The summed E-state index contributed by atoms with van der Waals surface area (Å²) in [5, 5.41) is 10.4. The van der Waals surface area contributed by atoms with Crippen LogP contribution in [0.5, 0.6) is 0 Å². The van der Waals surface area contributed by atoms with E-state index in [0.29, 0.717) is 12.5 Å². The van der Waals surface area contributed by atoms with Gasteiger partial charge in [0.05, 0.1) is 5.60 Å². The van der Waals surface area contributed by atoms with Gasteiger partial charge in [0.15, 0.2) is 0 Å². The Balaban J connectivity index is 2.68. The quantitative estimate of drug-likeness (QED) is 0.705. The number of aliphatic hydroxyl groups is 1. The molecule has 2 atom stereocenters. The van der Waals surface area contributed by atoms with Crippen molar-refractivity contribution >= 4 is 0 Å². The maximum absolute atomic E-state index is 10.4. The highest BCUT2D eigenvalue weighted by Crippen LogP contribution is 2.46. The standard InChI is InChI=1S/C11H23NO/c1-4-9-5-6-11(13,7-9)10(2,3)8-12/h9,13H,4-8,12H2,1-3H3. The van der Waals surface area contributed by atoms with Gasteiger partial charge in [-0.3, -0.25) is 0 Å². The van der Waals surface area contributed by atoms with Crippen molar-refractivity contribution in [1.82, 2.24) is 0 Å². The zero-order valence-corrected chi connectivity index (χ0v) is 9.14. The van der Waals surface area contributed by atoms with Crippen LogP contribution in [0.25, 0.3) is 0 Å². The molecule has 0 aromatic rings. The van der Waals surface area contributed by atoms with Crippen LogP contribution in [0.15, 0.2) is 0 Å². The summed E-state index contributed by atoms with van der Waals surface area (Å²) < 4.78 is 0. The number of hydrogen-bond acceptors (Lipinski definition) is 2. The lowest BCUT2D eigenvalue weighted by molar-refractivity contribution is -0.0593. The van der Waals surface area contributed by atoms with Crippen molar-refractivity contribution in [1.29, 1.82) is 0 Å². The topological polar surface area (TPSA) is 46.2 Å². The lowest BCUT2D eigenvalue weighted by Gasteiger charge is -2.39. The fourth-order valence-electron chi connectivity index (χ4n) is 2.28. The van der Waals surface area contributed by atoms with Crippen molar-refractivity contribution in [2.75, 3.05) is 6.54 Å². The molecule has 1 fully saturated rings. The van der Waals surface area contributed by atoms with Gasteiger partial charge in [-0.15, -0.1) is 0 Å². The average Bonchev–Trinajstić information content (AvgIpc) is 2.49. The number of nitrogens with two attached hydrogens (primary N) is 1. The molecule has 1 rings (SSSR count). The highest BCUT2D eigenvalue weighted by molar-refractivity contribution is 4.99. The van der Waals surface area contributed by atoms with E-state index in [1.165, 1.54) is 6.42 Å². The molecule has 3 N–H and O–H groups in total. The van der Waals surface area contributed by atoms with E-state index in [9.17, 15) is 5.11 Å². The lowest BCUT2D eigenvalue weighted by atomic mass is 9.73. The molecule has 0 aliphatic heterocycles. The SMILES string of the molecule is CCC1CCC(O)(C(C)(C)CN)C1. The van der Waals surface area contributed by atoms with Crippen LogP contribution in [0, 0.1) is 11.3 Å². The summed E-state index contributed by atoms with van der Waals surface area (Å²) in [6, 6.07) is 0. The summed E-state index contributed by atoms with van der Waals surface area (Å²) in [4.78, 5) is 0. The summed E-state index contributed by atoms with van der Waals surface area (Å²) in [7, 11) is 0. The average molecular weight is 185 g/mol. The maximum Gasteiger partial charge on any atom is 0.0713 e. The van der Waals surface area contributed by atoms with Gasteiger partial charge in [-0.25, -0.2) is 0 Å². The number of rotatable bonds is 3. The van der Waals surface area contributed by atoms with Gasteiger partial charge in [0, 0.05) is 12.0 Å². The van der Waals surface area contributed by atoms with Gasteiger partial charge < -0.3 is 10.8 Å². The highest BCUT2D eigenvalue weighted by Gasteiger charge is 2.47. The van der Waals surface area contributed by atoms with Gasteiger partial charge in [0.25, 0.3) is 0 Å². The van der Waals surface area contributed by atoms with E-state index in [2.05, 4.69) is 20.8 Å². The first-order valence-electron chi connectivity index (χ1n) is 5.37. The van der Waals surface area contributed by atoms with Crippen LogP contribution in [0.4, 0.5) is 0 Å². The third kappa shape index (κ3) is 1.89. The summed E-state index contributed by atoms with van der Waals surface area (Å²) in [6.45, 7) is 6.92. The minimum absolute atomic E-state index is 0.128. The minimum Gasteiger partial charge on any atom is -0.389 e. The molecular formula is C11H23NO. The first kappa shape index (κ1) is 11.0. The molecule has 1 aliphatic rings. The lowest BCUT2D eigenvalue weighted by Crippen LogP contribution is -2.47. The van der Waals surface area contributed by atoms with E-state index in [1.807, 2.05) is 0 Å². The molecule has 0 saturated heterocycles. The molecule has 0 radical (unpaired) electrons. The zero-order valence-electron chi connectivity index (χ0n) is 9.14. The van der Waals surface area contributed by atoms with E-state index >= 15 is 0 Å². The first-order chi connectivity index (χ1) is 5.95. The van der Waals surface area contributed by atoms with Crippen LogP contribution >= 0.6 is 0 Å². The van der Waals surface area contributed by atoms with Gasteiger partial charge in [-0.05, 0) is 25.2 Å². The fourth-order valence-corrected chi connectivity index (χ4v) is 2.28. The van der Waals surface area contributed by atoms with Crippen molar-refractivity contribution in [3.05, 3.63) is 0 Å². The molecule has 0 bridgehead atoms. The van der Waals surface area contributed by atoms with Crippen LogP contribution in [-0.4, -0.2) is 17.3 Å². The molecule has 0 spiro atoms. The second kappa shape index (κ2) is 3.58. The molecule has 2 nitrogen and oxygen atoms in total. The van der Waals surface area contributed by atoms with Crippen LogP contribution in [0.2, 0.25) is 0 Å².